The van der Waals surface area contributed by atoms with E-state index < -0.39 is 4.92 Å². The predicted octanol–water partition coefficient (Wildman–Crippen LogP) is 3.09. The Kier molecular flexibility index (Phi) is 2.75. The van der Waals surface area contributed by atoms with Gasteiger partial charge in [-0.25, -0.2) is 9.67 Å². The second kappa shape index (κ2) is 4.43. The highest BCUT2D eigenvalue weighted by Crippen LogP contribution is 2.37. The van der Waals surface area contributed by atoms with E-state index in [0.29, 0.717) is 17.8 Å². The molecule has 0 amide bonds. The van der Waals surface area contributed by atoms with E-state index in [0.717, 1.165) is 10.3 Å². The van der Waals surface area contributed by atoms with Crippen molar-refractivity contribution in [1.82, 2.24) is 14.8 Å². The molecule has 6 nitrogen and oxygen atoms in total. The molecule has 3 heterocycles. The number of hydrogen-bond donors (Lipinski definition) is 0. The van der Waals surface area contributed by atoms with Gasteiger partial charge in [-0.05, 0) is 18.4 Å². The molecule has 0 saturated carbocycles. The molecule has 96 valence electrons. The first-order valence-electron chi connectivity index (χ1n) is 5.75. The van der Waals surface area contributed by atoms with E-state index >= 15 is 0 Å². The van der Waals surface area contributed by atoms with E-state index in [-0.39, 0.29) is 5.69 Å². The highest BCUT2D eigenvalue weighted by atomic mass is 32.1. The van der Waals surface area contributed by atoms with Gasteiger partial charge in [0.25, 0.3) is 5.69 Å². The Morgan fingerprint density at radius 2 is 2.32 bits per heavy atom. The number of hydrogen-bond acceptors (Lipinski definition) is 5. The SMILES string of the molecule is CCn1ncc2c(-c3cccs3)c([N+](=O)[O-])cnc21. The summed E-state index contributed by atoms with van der Waals surface area (Å²) in [7, 11) is 0. The van der Waals surface area contributed by atoms with E-state index in [1.54, 1.807) is 10.9 Å². The standard InChI is InChI=1S/C12H10N4O2S/c1-2-15-12-8(6-14-15)11(10-4-3-5-19-10)9(7-13-12)16(17)18/h3-7H,2H2,1H3. The lowest BCUT2D eigenvalue weighted by molar-refractivity contribution is -0.384. The zero-order valence-corrected chi connectivity index (χ0v) is 10.9. The fourth-order valence-electron chi connectivity index (χ4n) is 2.07. The van der Waals surface area contributed by atoms with E-state index in [1.165, 1.54) is 17.5 Å². The fourth-order valence-corrected chi connectivity index (χ4v) is 2.86. The van der Waals surface area contributed by atoms with Crippen LogP contribution in [-0.4, -0.2) is 19.7 Å². The first-order valence-corrected chi connectivity index (χ1v) is 6.63. The van der Waals surface area contributed by atoms with Crippen LogP contribution in [-0.2, 0) is 6.54 Å². The summed E-state index contributed by atoms with van der Waals surface area (Å²) >= 11 is 1.47. The number of nitrogens with zero attached hydrogens (tertiary/aromatic N) is 4. The summed E-state index contributed by atoms with van der Waals surface area (Å²) in [6.45, 7) is 2.64. The average Bonchev–Trinajstić information content (AvgIpc) is 3.06. The molecule has 0 N–H and O–H groups in total. The van der Waals surface area contributed by atoms with Crippen molar-refractivity contribution in [3.8, 4) is 10.4 Å². The van der Waals surface area contributed by atoms with Crippen LogP contribution >= 0.6 is 11.3 Å². The van der Waals surface area contributed by atoms with Crippen molar-refractivity contribution in [3.05, 3.63) is 40.0 Å². The summed E-state index contributed by atoms with van der Waals surface area (Å²) in [5, 5.41) is 18.0. The summed E-state index contributed by atoms with van der Waals surface area (Å²) in [5.74, 6) is 0. The van der Waals surface area contributed by atoms with Gasteiger partial charge in [0.05, 0.1) is 22.1 Å². The minimum atomic E-state index is -0.398. The molecule has 0 aromatic carbocycles. The van der Waals surface area contributed by atoms with E-state index in [2.05, 4.69) is 10.1 Å². The molecule has 0 aliphatic carbocycles. The lowest BCUT2D eigenvalue weighted by atomic mass is 10.1. The second-order valence-corrected chi connectivity index (χ2v) is 4.90. The molecule has 19 heavy (non-hydrogen) atoms. The molecule has 3 rings (SSSR count). The van der Waals surface area contributed by atoms with Crippen molar-refractivity contribution in [1.29, 1.82) is 0 Å². The van der Waals surface area contributed by atoms with Crippen molar-refractivity contribution in [2.75, 3.05) is 0 Å². The van der Waals surface area contributed by atoms with E-state index in [1.807, 2.05) is 24.4 Å². The summed E-state index contributed by atoms with van der Waals surface area (Å²) in [6.07, 6.45) is 2.96. The maximum atomic E-state index is 11.2. The molecule has 0 atom stereocenters. The van der Waals surface area contributed by atoms with E-state index in [9.17, 15) is 10.1 Å². The third-order valence-electron chi connectivity index (χ3n) is 2.91. The minimum Gasteiger partial charge on any atom is -0.258 e. The molecule has 0 spiro atoms. The van der Waals surface area contributed by atoms with Crippen LogP contribution in [0.5, 0.6) is 0 Å². The molecule has 0 unspecified atom stereocenters. The van der Waals surface area contributed by atoms with Crippen LogP contribution in [0.1, 0.15) is 6.92 Å². The zero-order chi connectivity index (χ0) is 13.4. The topological polar surface area (TPSA) is 73.8 Å². The summed E-state index contributed by atoms with van der Waals surface area (Å²) < 4.78 is 1.73. The molecule has 0 aliphatic rings. The van der Waals surface area contributed by atoms with Gasteiger partial charge in [-0.2, -0.15) is 5.10 Å². The monoisotopic (exact) mass is 274 g/mol. The Morgan fingerprint density at radius 1 is 1.47 bits per heavy atom. The number of fused-ring (bicyclic) bond motifs is 1. The normalized spacial score (nSPS) is 11.0. The van der Waals surface area contributed by atoms with Gasteiger partial charge in [0.1, 0.15) is 6.20 Å². The van der Waals surface area contributed by atoms with Crippen LogP contribution in [0, 0.1) is 10.1 Å². The Bertz CT molecular complexity index is 749. The van der Waals surface area contributed by atoms with Crippen LogP contribution < -0.4 is 0 Å². The maximum absolute atomic E-state index is 11.2. The van der Waals surface area contributed by atoms with E-state index in [4.69, 9.17) is 0 Å². The van der Waals surface area contributed by atoms with Crippen LogP contribution in [0.4, 0.5) is 5.69 Å². The number of rotatable bonds is 3. The summed E-state index contributed by atoms with van der Waals surface area (Å²) in [4.78, 5) is 15.8. The van der Waals surface area contributed by atoms with Gasteiger partial charge in [-0.15, -0.1) is 11.3 Å². The van der Waals surface area contributed by atoms with Crippen LogP contribution in [0.3, 0.4) is 0 Å². The molecular formula is C12H10N4O2S. The number of pyridine rings is 1. The Labute approximate surface area is 112 Å². The van der Waals surface area contributed by atoms with Gasteiger partial charge >= 0.3 is 0 Å². The molecule has 3 aromatic rings. The first-order chi connectivity index (χ1) is 9.22. The van der Waals surface area contributed by atoms with Crippen molar-refractivity contribution in [2.24, 2.45) is 0 Å². The highest BCUT2D eigenvalue weighted by Gasteiger charge is 2.22. The first kappa shape index (κ1) is 11.8. The largest absolute Gasteiger partial charge is 0.296 e. The predicted molar refractivity (Wildman–Crippen MR) is 73.2 cm³/mol. The smallest absolute Gasteiger partial charge is 0.258 e. The van der Waals surface area contributed by atoms with Gasteiger partial charge in [-0.3, -0.25) is 10.1 Å². The molecule has 0 bridgehead atoms. The Morgan fingerprint density at radius 3 is 2.95 bits per heavy atom. The molecule has 0 radical (unpaired) electrons. The molecule has 0 aliphatic heterocycles. The number of thiophene rings is 1. The minimum absolute atomic E-state index is 0.0191. The quantitative estimate of drug-likeness (QED) is 0.543. The molecular weight excluding hydrogens is 264 g/mol. The average molecular weight is 274 g/mol. The molecule has 0 saturated heterocycles. The van der Waals surface area contributed by atoms with Gasteiger partial charge in [0.2, 0.25) is 0 Å². The highest BCUT2D eigenvalue weighted by molar-refractivity contribution is 7.13. The van der Waals surface area contributed by atoms with Crippen LogP contribution in [0.15, 0.2) is 29.9 Å². The van der Waals surface area contributed by atoms with Gasteiger partial charge in [0, 0.05) is 11.4 Å². The Balaban J connectivity index is 2.39. The maximum Gasteiger partial charge on any atom is 0.296 e. The summed E-state index contributed by atoms with van der Waals surface area (Å²) in [5.41, 5.74) is 1.30. The second-order valence-electron chi connectivity index (χ2n) is 3.95. The zero-order valence-electron chi connectivity index (χ0n) is 10.1. The van der Waals surface area contributed by atoms with Crippen molar-refractivity contribution in [2.45, 2.75) is 13.5 Å². The van der Waals surface area contributed by atoms with Gasteiger partial charge in [-0.1, -0.05) is 6.07 Å². The van der Waals surface area contributed by atoms with Crippen LogP contribution in [0.25, 0.3) is 21.5 Å². The van der Waals surface area contributed by atoms with Crippen molar-refractivity contribution < 1.29 is 4.92 Å². The molecule has 3 aromatic heterocycles. The Hall–Kier alpha value is -2.28. The molecule has 0 fully saturated rings. The molecule has 7 heteroatoms. The van der Waals surface area contributed by atoms with Crippen molar-refractivity contribution in [3.63, 3.8) is 0 Å². The number of aryl methyl sites for hydroxylation is 1. The van der Waals surface area contributed by atoms with Gasteiger partial charge < -0.3 is 0 Å². The third kappa shape index (κ3) is 1.78. The lowest BCUT2D eigenvalue weighted by Crippen LogP contribution is -1.99. The van der Waals surface area contributed by atoms with Crippen molar-refractivity contribution >= 4 is 28.1 Å². The lowest BCUT2D eigenvalue weighted by Gasteiger charge is -2.03. The van der Waals surface area contributed by atoms with Crippen LogP contribution in [0.2, 0.25) is 0 Å². The third-order valence-corrected chi connectivity index (χ3v) is 3.80. The number of nitro groups is 1. The van der Waals surface area contributed by atoms with Gasteiger partial charge in [0.15, 0.2) is 5.65 Å². The number of aromatic nitrogens is 3. The fraction of sp³-hybridized carbons (Fsp3) is 0.167. The summed E-state index contributed by atoms with van der Waals surface area (Å²) in [6, 6.07) is 3.75.